The Morgan fingerprint density at radius 1 is 1.12 bits per heavy atom. The van der Waals surface area contributed by atoms with Crippen LogP contribution in [0.2, 0.25) is 0 Å². The monoisotopic (exact) mass is 449 g/mol. The van der Waals surface area contributed by atoms with E-state index in [9.17, 15) is 9.59 Å². The van der Waals surface area contributed by atoms with Gasteiger partial charge in [0.05, 0.1) is 18.8 Å². The van der Waals surface area contributed by atoms with Crippen molar-refractivity contribution in [2.45, 2.75) is 40.2 Å². The maximum absolute atomic E-state index is 13.0. The number of benzene rings is 1. The predicted octanol–water partition coefficient (Wildman–Crippen LogP) is 4.28. The van der Waals surface area contributed by atoms with Gasteiger partial charge in [0.25, 0.3) is 5.91 Å². The minimum Gasteiger partial charge on any atom is -0.455 e. The molecule has 7 heteroatoms. The summed E-state index contributed by atoms with van der Waals surface area (Å²) >= 11 is 0. The lowest BCUT2D eigenvalue weighted by atomic mass is 9.76. The zero-order chi connectivity index (χ0) is 23.2. The summed E-state index contributed by atoms with van der Waals surface area (Å²) in [6.07, 6.45) is 3.22. The molecule has 1 amide bonds. The first-order valence-electron chi connectivity index (χ1n) is 11.7. The van der Waals surface area contributed by atoms with Crippen LogP contribution in [-0.4, -0.2) is 54.0 Å². The Kier molecular flexibility index (Phi) is 5.62. The van der Waals surface area contributed by atoms with E-state index in [1.807, 2.05) is 32.0 Å². The molecule has 1 aliphatic carbocycles. The standard InChI is InChI=1S/C26H31N3O4/c1-17-23-21(30)15-26(2,3)16-22(23)33-24(17)25(31)27-19-4-5-20-18(14-19)6-7-29(20)9-8-28-10-12-32-13-11-28/h4-7,14H,8-13,15-16H2,1-3H3,(H,27,31). The van der Waals surface area contributed by atoms with Crippen molar-refractivity contribution in [3.8, 4) is 0 Å². The number of hydrogen-bond acceptors (Lipinski definition) is 5. The number of nitrogens with zero attached hydrogens (tertiary/aromatic N) is 2. The average molecular weight is 450 g/mol. The Hall–Kier alpha value is -2.90. The SMILES string of the molecule is Cc1c(C(=O)Nc2ccc3c(ccn3CCN3CCOCC3)c2)oc2c1C(=O)CC(C)(C)C2. The Morgan fingerprint density at radius 2 is 1.91 bits per heavy atom. The molecule has 5 rings (SSSR count). The van der Waals surface area contributed by atoms with Gasteiger partial charge in [-0.15, -0.1) is 0 Å². The number of hydrogen-bond donors (Lipinski definition) is 1. The van der Waals surface area contributed by atoms with Gasteiger partial charge in [0, 0.05) is 67.4 Å². The first-order chi connectivity index (χ1) is 15.8. The number of fused-ring (bicyclic) bond motifs is 2. The first kappa shape index (κ1) is 21.9. The van der Waals surface area contributed by atoms with Crippen LogP contribution < -0.4 is 5.32 Å². The van der Waals surface area contributed by atoms with E-state index in [-0.39, 0.29) is 22.9 Å². The smallest absolute Gasteiger partial charge is 0.291 e. The van der Waals surface area contributed by atoms with Gasteiger partial charge in [-0.2, -0.15) is 0 Å². The second-order valence-electron chi connectivity index (χ2n) is 9.99. The summed E-state index contributed by atoms with van der Waals surface area (Å²) in [5.41, 5.74) is 2.92. The highest BCUT2D eigenvalue weighted by molar-refractivity contribution is 6.08. The van der Waals surface area contributed by atoms with Gasteiger partial charge in [-0.05, 0) is 36.6 Å². The molecule has 2 aliphatic rings. The van der Waals surface area contributed by atoms with Crippen LogP contribution in [0.5, 0.6) is 0 Å². The Labute approximate surface area is 193 Å². The molecule has 3 heterocycles. The first-order valence-corrected chi connectivity index (χ1v) is 11.7. The highest BCUT2D eigenvalue weighted by atomic mass is 16.5. The van der Waals surface area contributed by atoms with E-state index in [1.165, 1.54) is 0 Å². The summed E-state index contributed by atoms with van der Waals surface area (Å²) in [5, 5.41) is 4.02. The number of amides is 1. The third-order valence-corrected chi connectivity index (χ3v) is 6.77. The maximum atomic E-state index is 13.0. The van der Waals surface area contributed by atoms with Gasteiger partial charge in [-0.25, -0.2) is 0 Å². The number of anilines is 1. The van der Waals surface area contributed by atoms with Crippen LogP contribution in [0.3, 0.4) is 0 Å². The minimum atomic E-state index is -0.321. The van der Waals surface area contributed by atoms with Crippen molar-refractivity contribution in [1.82, 2.24) is 9.47 Å². The minimum absolute atomic E-state index is 0.0568. The molecule has 0 atom stereocenters. The second-order valence-corrected chi connectivity index (χ2v) is 9.99. The van der Waals surface area contributed by atoms with Gasteiger partial charge >= 0.3 is 0 Å². The lowest BCUT2D eigenvalue weighted by molar-refractivity contribution is 0.0365. The zero-order valence-electron chi connectivity index (χ0n) is 19.6. The van der Waals surface area contributed by atoms with Crippen molar-refractivity contribution >= 4 is 28.3 Å². The molecule has 1 fully saturated rings. The van der Waals surface area contributed by atoms with Gasteiger partial charge in [0.15, 0.2) is 11.5 Å². The van der Waals surface area contributed by atoms with Crippen LogP contribution in [0, 0.1) is 12.3 Å². The maximum Gasteiger partial charge on any atom is 0.291 e. The Morgan fingerprint density at radius 3 is 2.70 bits per heavy atom. The molecule has 2 aromatic heterocycles. The lowest BCUT2D eigenvalue weighted by Crippen LogP contribution is -2.38. The molecule has 33 heavy (non-hydrogen) atoms. The third kappa shape index (κ3) is 4.35. The number of carbonyl (C=O) groups excluding carboxylic acids is 2. The number of ketones is 1. The largest absolute Gasteiger partial charge is 0.455 e. The molecule has 3 aromatic rings. The van der Waals surface area contributed by atoms with Crippen LogP contribution in [0.1, 0.15) is 52.5 Å². The highest BCUT2D eigenvalue weighted by Crippen LogP contribution is 2.38. The normalized spacial score (nSPS) is 18.5. The number of rotatable bonds is 5. The zero-order valence-corrected chi connectivity index (χ0v) is 19.6. The molecule has 0 saturated carbocycles. The van der Waals surface area contributed by atoms with Crippen LogP contribution in [0.15, 0.2) is 34.9 Å². The van der Waals surface area contributed by atoms with E-state index in [0.29, 0.717) is 35.4 Å². The van der Waals surface area contributed by atoms with Crippen molar-refractivity contribution in [3.05, 3.63) is 53.1 Å². The predicted molar refractivity (Wildman–Crippen MR) is 127 cm³/mol. The molecule has 0 radical (unpaired) electrons. The van der Waals surface area contributed by atoms with Gasteiger partial charge in [0.1, 0.15) is 5.76 Å². The van der Waals surface area contributed by atoms with Gasteiger partial charge < -0.3 is 19.0 Å². The van der Waals surface area contributed by atoms with Gasteiger partial charge in [-0.3, -0.25) is 14.5 Å². The van der Waals surface area contributed by atoms with Crippen molar-refractivity contribution < 1.29 is 18.7 Å². The van der Waals surface area contributed by atoms with Gasteiger partial charge in [-0.1, -0.05) is 13.8 Å². The summed E-state index contributed by atoms with van der Waals surface area (Å²) in [5.74, 6) is 0.598. The number of aromatic nitrogens is 1. The van der Waals surface area contributed by atoms with Crippen LogP contribution in [0.4, 0.5) is 5.69 Å². The topological polar surface area (TPSA) is 76.7 Å². The lowest BCUT2D eigenvalue weighted by Gasteiger charge is -2.27. The van der Waals surface area contributed by atoms with Crippen molar-refractivity contribution in [2.75, 3.05) is 38.2 Å². The van der Waals surface area contributed by atoms with Crippen molar-refractivity contribution in [3.63, 3.8) is 0 Å². The molecular formula is C26H31N3O4. The molecule has 0 bridgehead atoms. The fourth-order valence-electron chi connectivity index (χ4n) is 5.03. The summed E-state index contributed by atoms with van der Waals surface area (Å²) in [6, 6.07) is 8.00. The second kappa shape index (κ2) is 8.47. The summed E-state index contributed by atoms with van der Waals surface area (Å²) in [6.45, 7) is 11.4. The van der Waals surface area contributed by atoms with E-state index < -0.39 is 0 Å². The molecule has 1 saturated heterocycles. The number of ether oxygens (including phenoxy) is 1. The van der Waals surface area contributed by atoms with E-state index >= 15 is 0 Å². The fourth-order valence-corrected chi connectivity index (χ4v) is 5.03. The molecule has 1 aromatic carbocycles. The molecule has 1 N–H and O–H groups in total. The Bertz CT molecular complexity index is 1210. The third-order valence-electron chi connectivity index (χ3n) is 6.77. The highest BCUT2D eigenvalue weighted by Gasteiger charge is 2.37. The molecule has 1 aliphatic heterocycles. The quantitative estimate of drug-likeness (QED) is 0.629. The number of morpholine rings is 1. The molecular weight excluding hydrogens is 418 g/mol. The molecule has 0 unspecified atom stereocenters. The van der Waals surface area contributed by atoms with Crippen LogP contribution >= 0.6 is 0 Å². The summed E-state index contributed by atoms with van der Waals surface area (Å²) in [4.78, 5) is 28.0. The number of nitrogens with one attached hydrogen (secondary N) is 1. The van der Waals surface area contributed by atoms with E-state index in [0.717, 1.165) is 50.3 Å². The molecule has 174 valence electrons. The molecule has 0 spiro atoms. The molecule has 7 nitrogen and oxygen atoms in total. The number of furan rings is 1. The van der Waals surface area contributed by atoms with Crippen molar-refractivity contribution in [1.29, 1.82) is 0 Å². The number of carbonyl (C=O) groups is 2. The Balaban J connectivity index is 1.31. The van der Waals surface area contributed by atoms with Crippen LogP contribution in [-0.2, 0) is 17.7 Å². The van der Waals surface area contributed by atoms with E-state index in [1.54, 1.807) is 6.92 Å². The summed E-state index contributed by atoms with van der Waals surface area (Å²) < 4.78 is 13.6. The van der Waals surface area contributed by atoms with Crippen molar-refractivity contribution in [2.24, 2.45) is 5.41 Å². The number of Topliss-reactive ketones (excluding diaryl/α,β-unsaturated/α-hetero) is 1. The van der Waals surface area contributed by atoms with E-state index in [4.69, 9.17) is 9.15 Å². The van der Waals surface area contributed by atoms with Gasteiger partial charge in [0.2, 0.25) is 0 Å². The average Bonchev–Trinajstić information content (AvgIpc) is 3.32. The fraction of sp³-hybridized carbons (Fsp3) is 0.462. The summed E-state index contributed by atoms with van der Waals surface area (Å²) in [7, 11) is 0. The van der Waals surface area contributed by atoms with Crippen LogP contribution in [0.25, 0.3) is 10.9 Å². The van der Waals surface area contributed by atoms with E-state index in [2.05, 4.69) is 27.0 Å².